The van der Waals surface area contributed by atoms with Crippen LogP contribution >= 0.6 is 15.9 Å². The zero-order chi connectivity index (χ0) is 19.5. The van der Waals surface area contributed by atoms with Crippen LogP contribution in [0.2, 0.25) is 0 Å². The number of carbonyl (C=O) groups is 1. The Balaban J connectivity index is 1.65. The van der Waals surface area contributed by atoms with Crippen molar-refractivity contribution in [3.8, 4) is 0 Å². The molecule has 0 saturated carbocycles. The number of halogens is 1. The van der Waals surface area contributed by atoms with Crippen LogP contribution in [0.1, 0.15) is 17.4 Å². The molecular formula is C22H17BrN2O3. The Labute approximate surface area is 169 Å². The Hall–Kier alpha value is -3.12. The summed E-state index contributed by atoms with van der Waals surface area (Å²) in [6.45, 7) is -0.0815. The largest absolute Gasteiger partial charge is 0.459 e. The van der Waals surface area contributed by atoms with Crippen molar-refractivity contribution in [2.24, 2.45) is 0 Å². The second-order valence-electron chi connectivity index (χ2n) is 6.41. The van der Waals surface area contributed by atoms with Crippen molar-refractivity contribution in [2.75, 3.05) is 0 Å². The van der Waals surface area contributed by atoms with Gasteiger partial charge in [-0.15, -0.1) is 0 Å². The molecule has 0 spiro atoms. The summed E-state index contributed by atoms with van der Waals surface area (Å²) < 4.78 is 8.08. The molecule has 0 bridgehead atoms. The van der Waals surface area contributed by atoms with Crippen molar-refractivity contribution in [1.29, 1.82) is 0 Å². The number of hydrogen-bond acceptors (Lipinski definition) is 3. The van der Waals surface area contributed by atoms with Crippen LogP contribution in [0.15, 0.2) is 92.7 Å². The van der Waals surface area contributed by atoms with Gasteiger partial charge in [0.25, 0.3) is 5.56 Å². The summed E-state index contributed by atoms with van der Waals surface area (Å²) in [5.74, 6) is 0.358. The number of nitrogens with zero attached hydrogens (tertiary/aromatic N) is 1. The number of benzene rings is 2. The molecule has 4 rings (SSSR count). The molecule has 0 aliphatic heterocycles. The van der Waals surface area contributed by atoms with Gasteiger partial charge in [-0.3, -0.25) is 9.59 Å². The molecule has 1 amide bonds. The van der Waals surface area contributed by atoms with E-state index in [0.29, 0.717) is 5.76 Å². The minimum atomic E-state index is -0.455. The van der Waals surface area contributed by atoms with E-state index in [1.165, 1.54) is 10.6 Å². The molecule has 2 heterocycles. The molecule has 4 aromatic rings. The first-order valence-corrected chi connectivity index (χ1v) is 9.58. The lowest BCUT2D eigenvalue weighted by atomic mass is 10.0. The molecule has 2 aromatic heterocycles. The van der Waals surface area contributed by atoms with Gasteiger partial charge in [0, 0.05) is 22.1 Å². The molecular weight excluding hydrogens is 420 g/mol. The number of rotatable bonds is 5. The third-order valence-electron chi connectivity index (χ3n) is 4.43. The standard InChI is InChI=1S/C22H17BrN2O3/c23-17-10-11-21(27)25(13-17)14-20(26)24-22(15-6-2-1-3-7-15)19-12-16-8-4-5-9-18(16)28-19/h1-13,22H,14H2,(H,24,26). The fourth-order valence-corrected chi connectivity index (χ4v) is 3.48. The Morgan fingerprint density at radius 3 is 2.57 bits per heavy atom. The third kappa shape index (κ3) is 3.92. The van der Waals surface area contributed by atoms with Crippen molar-refractivity contribution in [2.45, 2.75) is 12.6 Å². The zero-order valence-electron chi connectivity index (χ0n) is 14.8. The average Bonchev–Trinajstić information content (AvgIpc) is 3.13. The Morgan fingerprint density at radius 1 is 1.04 bits per heavy atom. The van der Waals surface area contributed by atoms with E-state index < -0.39 is 6.04 Å². The van der Waals surface area contributed by atoms with Gasteiger partial charge in [-0.25, -0.2) is 0 Å². The van der Waals surface area contributed by atoms with Crippen molar-refractivity contribution < 1.29 is 9.21 Å². The number of hydrogen-bond donors (Lipinski definition) is 1. The van der Waals surface area contributed by atoms with Crippen LogP contribution in [0.4, 0.5) is 0 Å². The van der Waals surface area contributed by atoms with Crippen LogP contribution in [-0.2, 0) is 11.3 Å². The number of nitrogens with one attached hydrogen (secondary N) is 1. The maximum absolute atomic E-state index is 12.7. The summed E-state index contributed by atoms with van der Waals surface area (Å²) >= 11 is 3.32. The van der Waals surface area contributed by atoms with Gasteiger partial charge in [-0.1, -0.05) is 48.5 Å². The fraction of sp³-hybridized carbons (Fsp3) is 0.0909. The summed E-state index contributed by atoms with van der Waals surface area (Å²) in [6, 6.07) is 21.9. The topological polar surface area (TPSA) is 64.2 Å². The van der Waals surface area contributed by atoms with E-state index >= 15 is 0 Å². The molecule has 5 nitrogen and oxygen atoms in total. The minimum Gasteiger partial charge on any atom is -0.459 e. The van der Waals surface area contributed by atoms with Gasteiger partial charge in [0.05, 0.1) is 0 Å². The van der Waals surface area contributed by atoms with Crippen LogP contribution in [-0.4, -0.2) is 10.5 Å². The molecule has 1 atom stereocenters. The van der Waals surface area contributed by atoms with E-state index in [4.69, 9.17) is 4.42 Å². The quantitative estimate of drug-likeness (QED) is 0.508. The highest BCUT2D eigenvalue weighted by Crippen LogP contribution is 2.28. The average molecular weight is 437 g/mol. The summed E-state index contributed by atoms with van der Waals surface area (Å²) in [7, 11) is 0. The van der Waals surface area contributed by atoms with Crippen molar-refractivity contribution in [3.05, 3.63) is 105 Å². The van der Waals surface area contributed by atoms with Crippen LogP contribution < -0.4 is 10.9 Å². The van der Waals surface area contributed by atoms with Crippen LogP contribution in [0, 0.1) is 0 Å². The number of aromatic nitrogens is 1. The molecule has 6 heteroatoms. The Kier molecular flexibility index (Phi) is 5.12. The third-order valence-corrected chi connectivity index (χ3v) is 4.90. The summed E-state index contributed by atoms with van der Waals surface area (Å²) in [6.07, 6.45) is 1.60. The van der Waals surface area contributed by atoms with E-state index in [1.807, 2.05) is 60.7 Å². The molecule has 0 aliphatic carbocycles. The SMILES string of the molecule is O=C(Cn1cc(Br)ccc1=O)NC(c1ccccc1)c1cc2ccccc2o1. The van der Waals surface area contributed by atoms with Crippen molar-refractivity contribution in [3.63, 3.8) is 0 Å². The fourth-order valence-electron chi connectivity index (χ4n) is 3.10. The normalized spacial score (nSPS) is 12.0. The van der Waals surface area contributed by atoms with E-state index in [9.17, 15) is 9.59 Å². The van der Waals surface area contributed by atoms with Crippen LogP contribution in [0.3, 0.4) is 0 Å². The van der Waals surface area contributed by atoms with Gasteiger partial charge in [0.1, 0.15) is 23.9 Å². The number of para-hydroxylation sites is 1. The molecule has 0 radical (unpaired) electrons. The van der Waals surface area contributed by atoms with Gasteiger partial charge < -0.3 is 14.3 Å². The monoisotopic (exact) mass is 436 g/mol. The Bertz CT molecular complexity index is 1150. The summed E-state index contributed by atoms with van der Waals surface area (Å²) in [5.41, 5.74) is 1.42. The predicted octanol–water partition coefficient (Wildman–Crippen LogP) is 4.26. The highest BCUT2D eigenvalue weighted by atomic mass is 79.9. The number of pyridine rings is 1. The van der Waals surface area contributed by atoms with Crippen molar-refractivity contribution in [1.82, 2.24) is 9.88 Å². The number of carbonyl (C=O) groups excluding carboxylic acids is 1. The van der Waals surface area contributed by atoms with E-state index in [1.54, 1.807) is 12.3 Å². The maximum Gasteiger partial charge on any atom is 0.251 e. The molecule has 0 aliphatic rings. The second kappa shape index (κ2) is 7.86. The lowest BCUT2D eigenvalue weighted by Crippen LogP contribution is -2.34. The van der Waals surface area contributed by atoms with Gasteiger partial charge in [-0.2, -0.15) is 0 Å². The van der Waals surface area contributed by atoms with E-state index in [0.717, 1.165) is 21.0 Å². The van der Waals surface area contributed by atoms with Gasteiger partial charge in [0.15, 0.2) is 0 Å². The zero-order valence-corrected chi connectivity index (χ0v) is 16.4. The highest BCUT2D eigenvalue weighted by molar-refractivity contribution is 9.10. The molecule has 1 N–H and O–H groups in total. The number of fused-ring (bicyclic) bond motifs is 1. The lowest BCUT2D eigenvalue weighted by Gasteiger charge is -2.17. The maximum atomic E-state index is 12.7. The van der Waals surface area contributed by atoms with Gasteiger partial charge >= 0.3 is 0 Å². The lowest BCUT2D eigenvalue weighted by molar-refractivity contribution is -0.122. The van der Waals surface area contributed by atoms with Crippen LogP contribution in [0.25, 0.3) is 11.0 Å². The van der Waals surface area contributed by atoms with Crippen LogP contribution in [0.5, 0.6) is 0 Å². The molecule has 28 heavy (non-hydrogen) atoms. The molecule has 140 valence electrons. The molecule has 2 aromatic carbocycles. The first kappa shape index (κ1) is 18.3. The molecule has 0 fully saturated rings. The number of amides is 1. The van der Waals surface area contributed by atoms with E-state index in [2.05, 4.69) is 21.2 Å². The number of furan rings is 1. The Morgan fingerprint density at radius 2 is 1.79 bits per heavy atom. The molecule has 1 unspecified atom stereocenters. The predicted molar refractivity (Wildman–Crippen MR) is 111 cm³/mol. The van der Waals surface area contributed by atoms with Gasteiger partial charge in [0.2, 0.25) is 5.91 Å². The first-order valence-electron chi connectivity index (χ1n) is 8.79. The van der Waals surface area contributed by atoms with Gasteiger partial charge in [-0.05, 0) is 39.7 Å². The smallest absolute Gasteiger partial charge is 0.251 e. The first-order chi connectivity index (χ1) is 13.6. The summed E-state index contributed by atoms with van der Waals surface area (Å²) in [5, 5.41) is 3.97. The summed E-state index contributed by atoms with van der Waals surface area (Å²) in [4.78, 5) is 24.7. The van der Waals surface area contributed by atoms with Crippen molar-refractivity contribution >= 4 is 32.8 Å². The highest BCUT2D eigenvalue weighted by Gasteiger charge is 2.21. The molecule has 0 saturated heterocycles. The second-order valence-corrected chi connectivity index (χ2v) is 7.33. The van der Waals surface area contributed by atoms with E-state index in [-0.39, 0.29) is 18.0 Å². The minimum absolute atomic E-state index is 0.0815.